The van der Waals surface area contributed by atoms with Gasteiger partial charge in [-0.2, -0.15) is 0 Å². The summed E-state index contributed by atoms with van der Waals surface area (Å²) in [6.45, 7) is 3.24. The topological polar surface area (TPSA) is 32.7 Å². The Bertz CT molecular complexity index is 446. The van der Waals surface area contributed by atoms with Crippen LogP contribution < -0.4 is 0 Å². The Labute approximate surface area is 119 Å². The third-order valence-corrected chi connectivity index (χ3v) is 4.27. The molecule has 1 aromatic heterocycles. The third kappa shape index (κ3) is 4.32. The molecule has 1 saturated heterocycles. The molecule has 2 rings (SSSR count). The Balaban J connectivity index is 1.96. The first kappa shape index (κ1) is 14.5. The highest BCUT2D eigenvalue weighted by molar-refractivity contribution is 7.10. The van der Waals surface area contributed by atoms with Crippen molar-refractivity contribution in [1.29, 1.82) is 0 Å². The molecule has 4 heteroatoms. The first-order chi connectivity index (χ1) is 9.33. The average Bonchev–Trinajstić information content (AvgIpc) is 2.87. The van der Waals surface area contributed by atoms with E-state index in [0.717, 1.165) is 25.2 Å². The first-order valence-corrected chi connectivity index (χ1v) is 7.62. The lowest BCUT2D eigenvalue weighted by Gasteiger charge is -2.31. The largest absolute Gasteiger partial charge is 0.395 e. The number of piperidine rings is 1. The first-order valence-electron chi connectivity index (χ1n) is 6.74. The molecule has 19 heavy (non-hydrogen) atoms. The standard InChI is InChI=1S/C15H21NO2S/c1-18-14-6-4-8-16(11-14)12-15-13(7-10-19-15)5-2-3-9-17/h7,10,14,17H,3-4,6,8-9,11-12H2,1H3. The van der Waals surface area contributed by atoms with Gasteiger partial charge in [-0.3, -0.25) is 4.90 Å². The van der Waals surface area contributed by atoms with Crippen LogP contribution in [0, 0.1) is 11.8 Å². The SMILES string of the molecule is COC1CCCN(Cc2sccc2C#CCCO)C1. The van der Waals surface area contributed by atoms with Gasteiger partial charge in [0.2, 0.25) is 0 Å². The van der Waals surface area contributed by atoms with Crippen molar-refractivity contribution in [1.82, 2.24) is 4.90 Å². The van der Waals surface area contributed by atoms with Crippen LogP contribution in [-0.4, -0.2) is 42.9 Å². The van der Waals surface area contributed by atoms with E-state index in [9.17, 15) is 0 Å². The molecule has 0 bridgehead atoms. The molecule has 2 heterocycles. The molecule has 0 saturated carbocycles. The monoisotopic (exact) mass is 279 g/mol. The maximum atomic E-state index is 8.76. The van der Waals surface area contributed by atoms with E-state index in [2.05, 4.69) is 28.2 Å². The van der Waals surface area contributed by atoms with Crippen LogP contribution in [0.25, 0.3) is 0 Å². The normalized spacial score (nSPS) is 20.0. The van der Waals surface area contributed by atoms with Crippen molar-refractivity contribution < 1.29 is 9.84 Å². The van der Waals surface area contributed by atoms with Crippen molar-refractivity contribution in [2.75, 3.05) is 26.8 Å². The van der Waals surface area contributed by atoms with Crippen molar-refractivity contribution in [3.8, 4) is 11.8 Å². The van der Waals surface area contributed by atoms with Crippen LogP contribution in [0.3, 0.4) is 0 Å². The van der Waals surface area contributed by atoms with E-state index in [-0.39, 0.29) is 6.61 Å². The van der Waals surface area contributed by atoms with Gasteiger partial charge in [0.05, 0.1) is 12.7 Å². The van der Waals surface area contributed by atoms with Crippen LogP contribution in [0.2, 0.25) is 0 Å². The second-order valence-electron chi connectivity index (χ2n) is 4.77. The van der Waals surface area contributed by atoms with Gasteiger partial charge >= 0.3 is 0 Å². The molecule has 3 nitrogen and oxygen atoms in total. The van der Waals surface area contributed by atoms with E-state index in [0.29, 0.717) is 12.5 Å². The van der Waals surface area contributed by atoms with Crippen molar-refractivity contribution in [3.05, 3.63) is 21.9 Å². The lowest BCUT2D eigenvalue weighted by Crippen LogP contribution is -2.38. The number of thiophene rings is 1. The van der Waals surface area contributed by atoms with E-state index < -0.39 is 0 Å². The molecule has 1 aliphatic rings. The summed E-state index contributed by atoms with van der Waals surface area (Å²) in [5.74, 6) is 6.15. The number of likely N-dealkylation sites (tertiary alicyclic amines) is 1. The van der Waals surface area contributed by atoms with E-state index in [4.69, 9.17) is 9.84 Å². The number of aliphatic hydroxyl groups is 1. The highest BCUT2D eigenvalue weighted by atomic mass is 32.1. The highest BCUT2D eigenvalue weighted by Gasteiger charge is 2.20. The van der Waals surface area contributed by atoms with E-state index >= 15 is 0 Å². The Morgan fingerprint density at radius 2 is 2.47 bits per heavy atom. The molecule has 0 radical (unpaired) electrons. The van der Waals surface area contributed by atoms with Crippen molar-refractivity contribution in [3.63, 3.8) is 0 Å². The van der Waals surface area contributed by atoms with Crippen LogP contribution in [0.15, 0.2) is 11.4 Å². The fourth-order valence-electron chi connectivity index (χ4n) is 2.34. The second-order valence-corrected chi connectivity index (χ2v) is 5.77. The molecule has 104 valence electrons. The minimum Gasteiger partial charge on any atom is -0.395 e. The zero-order chi connectivity index (χ0) is 13.5. The minimum absolute atomic E-state index is 0.133. The number of aliphatic hydroxyl groups excluding tert-OH is 1. The van der Waals surface area contributed by atoms with Gasteiger partial charge in [-0.05, 0) is 30.8 Å². The molecule has 0 aromatic carbocycles. The van der Waals surface area contributed by atoms with Crippen LogP contribution in [0.4, 0.5) is 0 Å². The molecular weight excluding hydrogens is 258 g/mol. The molecular formula is C15H21NO2S. The average molecular weight is 279 g/mol. The van der Waals surface area contributed by atoms with Crippen molar-refractivity contribution in [2.24, 2.45) is 0 Å². The maximum absolute atomic E-state index is 8.76. The summed E-state index contributed by atoms with van der Waals surface area (Å²) in [6, 6.07) is 2.07. The van der Waals surface area contributed by atoms with Gasteiger partial charge in [0.1, 0.15) is 0 Å². The van der Waals surface area contributed by atoms with E-state index in [1.165, 1.54) is 17.7 Å². The number of hydrogen-bond acceptors (Lipinski definition) is 4. The molecule has 1 unspecified atom stereocenters. The fourth-order valence-corrected chi connectivity index (χ4v) is 3.21. The van der Waals surface area contributed by atoms with Crippen molar-refractivity contribution in [2.45, 2.75) is 31.9 Å². The Hall–Kier alpha value is -0.860. The number of ether oxygens (including phenoxy) is 1. The van der Waals surface area contributed by atoms with E-state index in [1.54, 1.807) is 18.4 Å². The van der Waals surface area contributed by atoms with Crippen LogP contribution in [0.1, 0.15) is 29.7 Å². The van der Waals surface area contributed by atoms with Crippen LogP contribution >= 0.6 is 11.3 Å². The summed E-state index contributed by atoms with van der Waals surface area (Å²) in [7, 11) is 1.80. The zero-order valence-electron chi connectivity index (χ0n) is 11.4. The number of nitrogens with zero attached hydrogens (tertiary/aromatic N) is 1. The lowest BCUT2D eigenvalue weighted by molar-refractivity contribution is 0.0289. The quantitative estimate of drug-likeness (QED) is 0.857. The Kier molecular flexibility index (Phi) is 5.87. The predicted molar refractivity (Wildman–Crippen MR) is 78.2 cm³/mol. The fraction of sp³-hybridized carbons (Fsp3) is 0.600. The second kappa shape index (κ2) is 7.66. The molecule has 1 aliphatic heterocycles. The summed E-state index contributed by atoms with van der Waals surface area (Å²) < 4.78 is 5.46. The van der Waals surface area contributed by atoms with E-state index in [1.807, 2.05) is 0 Å². The van der Waals surface area contributed by atoms with Gasteiger partial charge in [-0.1, -0.05) is 11.8 Å². The van der Waals surface area contributed by atoms with Gasteiger partial charge in [0, 0.05) is 37.1 Å². The molecule has 1 atom stereocenters. The Morgan fingerprint density at radius 1 is 1.58 bits per heavy atom. The van der Waals surface area contributed by atoms with Gasteiger partial charge in [-0.15, -0.1) is 11.3 Å². The number of methoxy groups -OCH3 is 1. The number of rotatable bonds is 4. The molecule has 0 amide bonds. The van der Waals surface area contributed by atoms with Gasteiger partial charge in [0.25, 0.3) is 0 Å². The summed E-state index contributed by atoms with van der Waals surface area (Å²) in [6.07, 6.45) is 3.29. The predicted octanol–water partition coefficient (Wildman–Crippen LogP) is 2.09. The molecule has 0 spiro atoms. The number of hydrogen-bond donors (Lipinski definition) is 1. The van der Waals surface area contributed by atoms with Crippen LogP contribution in [-0.2, 0) is 11.3 Å². The smallest absolute Gasteiger partial charge is 0.0698 e. The molecule has 1 N–H and O–H groups in total. The zero-order valence-corrected chi connectivity index (χ0v) is 12.2. The maximum Gasteiger partial charge on any atom is 0.0698 e. The van der Waals surface area contributed by atoms with Crippen LogP contribution in [0.5, 0.6) is 0 Å². The summed E-state index contributed by atoms with van der Waals surface area (Å²) in [5, 5.41) is 10.9. The van der Waals surface area contributed by atoms with Gasteiger partial charge < -0.3 is 9.84 Å². The molecule has 1 fully saturated rings. The lowest BCUT2D eigenvalue weighted by atomic mass is 10.1. The Morgan fingerprint density at radius 3 is 3.26 bits per heavy atom. The summed E-state index contributed by atoms with van der Waals surface area (Å²) in [4.78, 5) is 3.77. The third-order valence-electron chi connectivity index (χ3n) is 3.37. The van der Waals surface area contributed by atoms with Gasteiger partial charge in [-0.25, -0.2) is 0 Å². The molecule has 1 aromatic rings. The molecule has 0 aliphatic carbocycles. The minimum atomic E-state index is 0.133. The van der Waals surface area contributed by atoms with Gasteiger partial charge in [0.15, 0.2) is 0 Å². The summed E-state index contributed by atoms with van der Waals surface area (Å²) >= 11 is 1.76. The highest BCUT2D eigenvalue weighted by Crippen LogP contribution is 2.21. The summed E-state index contributed by atoms with van der Waals surface area (Å²) in [5.41, 5.74) is 1.11. The van der Waals surface area contributed by atoms with Crippen molar-refractivity contribution >= 4 is 11.3 Å².